The lowest BCUT2D eigenvalue weighted by molar-refractivity contribution is 0.632. The maximum Gasteiger partial charge on any atom is 0.0537 e. The summed E-state index contributed by atoms with van der Waals surface area (Å²) in [6, 6.07) is 0.226. The van der Waals surface area contributed by atoms with Gasteiger partial charge in [0.05, 0.1) is 6.20 Å². The Bertz CT molecular complexity index is 250. The molecule has 1 aromatic heterocycles. The predicted molar refractivity (Wildman–Crippen MR) is 42.9 cm³/mol. The van der Waals surface area contributed by atoms with Crippen molar-refractivity contribution in [3.05, 3.63) is 18.0 Å². The standard InChI is InChI=1S/C8H13N3/c1-11-5-7(4-10-11)8(9)6-2-3-6/h4-6,8H,2-3,9H2,1H3/t8-/m1/s1. The van der Waals surface area contributed by atoms with E-state index in [-0.39, 0.29) is 6.04 Å². The molecule has 2 rings (SSSR count). The van der Waals surface area contributed by atoms with Crippen molar-refractivity contribution in [3.8, 4) is 0 Å². The number of hydrogen-bond donors (Lipinski definition) is 1. The van der Waals surface area contributed by atoms with Crippen LogP contribution in [0.3, 0.4) is 0 Å². The Kier molecular flexibility index (Phi) is 1.46. The molecule has 1 aromatic rings. The summed E-state index contributed by atoms with van der Waals surface area (Å²) in [5, 5.41) is 4.08. The van der Waals surface area contributed by atoms with Crippen LogP contribution in [-0.2, 0) is 7.05 Å². The monoisotopic (exact) mass is 151 g/mol. The zero-order chi connectivity index (χ0) is 7.84. The smallest absolute Gasteiger partial charge is 0.0537 e. The van der Waals surface area contributed by atoms with Crippen molar-refractivity contribution in [1.82, 2.24) is 9.78 Å². The van der Waals surface area contributed by atoms with E-state index in [0.717, 1.165) is 5.92 Å². The molecule has 0 aromatic carbocycles. The van der Waals surface area contributed by atoms with Crippen LogP contribution in [0.5, 0.6) is 0 Å². The number of aromatic nitrogens is 2. The van der Waals surface area contributed by atoms with Crippen molar-refractivity contribution >= 4 is 0 Å². The molecule has 2 N–H and O–H groups in total. The van der Waals surface area contributed by atoms with Gasteiger partial charge in [-0.3, -0.25) is 4.68 Å². The van der Waals surface area contributed by atoms with Crippen molar-refractivity contribution in [1.29, 1.82) is 0 Å². The van der Waals surface area contributed by atoms with E-state index in [2.05, 4.69) is 5.10 Å². The molecule has 0 radical (unpaired) electrons. The van der Waals surface area contributed by atoms with Crippen molar-refractivity contribution in [2.24, 2.45) is 18.7 Å². The van der Waals surface area contributed by atoms with Crippen molar-refractivity contribution in [3.63, 3.8) is 0 Å². The quantitative estimate of drug-likeness (QED) is 0.680. The molecule has 1 heterocycles. The molecular weight excluding hydrogens is 138 g/mol. The molecule has 1 aliphatic carbocycles. The highest BCUT2D eigenvalue weighted by Crippen LogP contribution is 2.38. The summed E-state index contributed by atoms with van der Waals surface area (Å²) in [6.07, 6.45) is 6.44. The van der Waals surface area contributed by atoms with Crippen LogP contribution in [0.2, 0.25) is 0 Å². The van der Waals surface area contributed by atoms with E-state index in [1.165, 1.54) is 18.4 Å². The molecule has 0 spiro atoms. The average molecular weight is 151 g/mol. The number of rotatable bonds is 2. The van der Waals surface area contributed by atoms with E-state index in [4.69, 9.17) is 5.73 Å². The third-order valence-electron chi connectivity index (χ3n) is 2.24. The summed E-state index contributed by atoms with van der Waals surface area (Å²) in [5.74, 6) is 0.721. The first-order valence-corrected chi connectivity index (χ1v) is 4.01. The molecule has 1 saturated carbocycles. The molecule has 0 bridgehead atoms. The second-order valence-corrected chi connectivity index (χ2v) is 3.31. The molecule has 0 saturated heterocycles. The minimum Gasteiger partial charge on any atom is -0.324 e. The fraction of sp³-hybridized carbons (Fsp3) is 0.625. The highest BCUT2D eigenvalue weighted by atomic mass is 15.2. The molecule has 3 nitrogen and oxygen atoms in total. The van der Waals surface area contributed by atoms with Gasteiger partial charge < -0.3 is 5.73 Å². The van der Waals surface area contributed by atoms with Gasteiger partial charge in [-0.2, -0.15) is 5.10 Å². The van der Waals surface area contributed by atoms with Gasteiger partial charge in [-0.15, -0.1) is 0 Å². The Balaban J connectivity index is 2.14. The Labute approximate surface area is 66.2 Å². The summed E-state index contributed by atoms with van der Waals surface area (Å²) in [5.41, 5.74) is 7.14. The van der Waals surface area contributed by atoms with Crippen LogP contribution in [0, 0.1) is 5.92 Å². The van der Waals surface area contributed by atoms with Crippen LogP contribution in [0.4, 0.5) is 0 Å². The van der Waals surface area contributed by atoms with Crippen LogP contribution >= 0.6 is 0 Å². The summed E-state index contributed by atoms with van der Waals surface area (Å²) < 4.78 is 1.80. The molecule has 1 atom stereocenters. The molecule has 1 fully saturated rings. The van der Waals surface area contributed by atoms with Gasteiger partial charge >= 0.3 is 0 Å². The molecule has 60 valence electrons. The first-order valence-electron chi connectivity index (χ1n) is 4.01. The Morgan fingerprint density at radius 3 is 2.91 bits per heavy atom. The molecule has 1 aliphatic rings. The number of nitrogens with two attached hydrogens (primary N) is 1. The van der Waals surface area contributed by atoms with Crippen LogP contribution < -0.4 is 5.73 Å². The lowest BCUT2D eigenvalue weighted by Gasteiger charge is -2.05. The molecule has 0 unspecified atom stereocenters. The van der Waals surface area contributed by atoms with Gasteiger partial charge in [0.15, 0.2) is 0 Å². The van der Waals surface area contributed by atoms with Crippen molar-refractivity contribution in [2.45, 2.75) is 18.9 Å². The molecule has 3 heteroatoms. The van der Waals surface area contributed by atoms with E-state index < -0.39 is 0 Å². The van der Waals surface area contributed by atoms with Crippen molar-refractivity contribution < 1.29 is 0 Å². The largest absolute Gasteiger partial charge is 0.324 e. The Morgan fingerprint density at radius 1 is 1.73 bits per heavy atom. The SMILES string of the molecule is Cn1cc([C@H](N)C2CC2)cn1. The van der Waals surface area contributed by atoms with Crippen LogP contribution in [0.25, 0.3) is 0 Å². The maximum atomic E-state index is 5.96. The summed E-state index contributed by atoms with van der Waals surface area (Å²) in [4.78, 5) is 0. The normalized spacial score (nSPS) is 20.2. The van der Waals surface area contributed by atoms with Gasteiger partial charge in [0.2, 0.25) is 0 Å². The number of hydrogen-bond acceptors (Lipinski definition) is 2. The lowest BCUT2D eigenvalue weighted by Crippen LogP contribution is -2.11. The Hall–Kier alpha value is -0.830. The van der Waals surface area contributed by atoms with Gasteiger partial charge in [0, 0.05) is 24.8 Å². The third-order valence-corrected chi connectivity index (χ3v) is 2.24. The minimum absolute atomic E-state index is 0.226. The first kappa shape index (κ1) is 6.85. The summed E-state index contributed by atoms with van der Waals surface area (Å²) in [6.45, 7) is 0. The fourth-order valence-corrected chi connectivity index (χ4v) is 1.34. The van der Waals surface area contributed by atoms with E-state index in [9.17, 15) is 0 Å². The van der Waals surface area contributed by atoms with Gasteiger partial charge in [-0.25, -0.2) is 0 Å². The van der Waals surface area contributed by atoms with Crippen LogP contribution in [-0.4, -0.2) is 9.78 Å². The zero-order valence-corrected chi connectivity index (χ0v) is 6.70. The van der Waals surface area contributed by atoms with Gasteiger partial charge in [0.25, 0.3) is 0 Å². The third kappa shape index (κ3) is 1.28. The fourth-order valence-electron chi connectivity index (χ4n) is 1.34. The minimum atomic E-state index is 0.226. The molecule has 11 heavy (non-hydrogen) atoms. The second-order valence-electron chi connectivity index (χ2n) is 3.31. The topological polar surface area (TPSA) is 43.8 Å². The molecule has 0 amide bonds. The van der Waals surface area contributed by atoms with Crippen LogP contribution in [0.1, 0.15) is 24.4 Å². The first-order chi connectivity index (χ1) is 5.27. The van der Waals surface area contributed by atoms with E-state index in [1.807, 2.05) is 19.4 Å². The molecular formula is C8H13N3. The summed E-state index contributed by atoms with van der Waals surface area (Å²) in [7, 11) is 1.92. The highest BCUT2D eigenvalue weighted by Gasteiger charge is 2.29. The lowest BCUT2D eigenvalue weighted by atomic mass is 10.1. The highest BCUT2D eigenvalue weighted by molar-refractivity contribution is 5.12. The van der Waals surface area contributed by atoms with E-state index in [1.54, 1.807) is 4.68 Å². The number of nitrogens with zero attached hydrogens (tertiary/aromatic N) is 2. The van der Waals surface area contributed by atoms with E-state index >= 15 is 0 Å². The second kappa shape index (κ2) is 2.34. The zero-order valence-electron chi connectivity index (χ0n) is 6.70. The Morgan fingerprint density at radius 2 is 2.45 bits per heavy atom. The average Bonchev–Trinajstić information content (AvgIpc) is 2.74. The van der Waals surface area contributed by atoms with Gasteiger partial charge in [-0.05, 0) is 18.8 Å². The van der Waals surface area contributed by atoms with Gasteiger partial charge in [0.1, 0.15) is 0 Å². The number of aryl methyl sites for hydroxylation is 1. The summed E-state index contributed by atoms with van der Waals surface area (Å²) >= 11 is 0. The van der Waals surface area contributed by atoms with E-state index in [0.29, 0.717) is 0 Å². The molecule has 0 aliphatic heterocycles. The van der Waals surface area contributed by atoms with Gasteiger partial charge in [-0.1, -0.05) is 0 Å². The van der Waals surface area contributed by atoms with Crippen molar-refractivity contribution in [2.75, 3.05) is 0 Å². The van der Waals surface area contributed by atoms with Crippen LogP contribution in [0.15, 0.2) is 12.4 Å². The maximum absolute atomic E-state index is 5.96. The predicted octanol–water partition coefficient (Wildman–Crippen LogP) is 0.830.